The first kappa shape index (κ1) is 14.8. The molecule has 116 valence electrons. The third kappa shape index (κ3) is 3.04. The summed E-state index contributed by atoms with van der Waals surface area (Å²) in [5, 5.41) is 12.0. The molecule has 2 aromatic rings. The van der Waals surface area contributed by atoms with Crippen molar-refractivity contribution in [2.45, 2.75) is 25.8 Å². The van der Waals surface area contributed by atoms with Crippen LogP contribution >= 0.6 is 0 Å². The van der Waals surface area contributed by atoms with Crippen LogP contribution in [0.1, 0.15) is 30.5 Å². The number of aliphatic hydroxyl groups excluding tert-OH is 1. The van der Waals surface area contributed by atoms with Crippen LogP contribution in [0, 0.1) is 0 Å². The number of anilines is 2. The lowest BCUT2D eigenvalue weighted by Gasteiger charge is -2.36. The minimum absolute atomic E-state index is 0.173. The lowest BCUT2D eigenvalue weighted by Crippen LogP contribution is -2.34. The molecule has 0 spiro atoms. The maximum absolute atomic E-state index is 8.84. The van der Waals surface area contributed by atoms with E-state index in [4.69, 9.17) is 5.11 Å². The molecule has 0 amide bonds. The highest BCUT2D eigenvalue weighted by Crippen LogP contribution is 2.32. The third-order valence-corrected chi connectivity index (χ3v) is 4.15. The number of hydrogen-bond donors (Lipinski definition) is 2. The van der Waals surface area contributed by atoms with Crippen molar-refractivity contribution >= 4 is 11.8 Å². The van der Waals surface area contributed by atoms with Crippen LogP contribution in [0.15, 0.2) is 36.5 Å². The first-order valence-electron chi connectivity index (χ1n) is 7.82. The van der Waals surface area contributed by atoms with E-state index < -0.39 is 0 Å². The predicted molar refractivity (Wildman–Crippen MR) is 88.1 cm³/mol. The Morgan fingerprint density at radius 2 is 2.18 bits per heavy atom. The summed E-state index contributed by atoms with van der Waals surface area (Å²) in [7, 11) is 0. The van der Waals surface area contributed by atoms with Crippen LogP contribution in [-0.4, -0.2) is 34.8 Å². The first-order valence-corrected chi connectivity index (χ1v) is 7.82. The first-order chi connectivity index (χ1) is 10.8. The van der Waals surface area contributed by atoms with Crippen molar-refractivity contribution < 1.29 is 5.11 Å². The van der Waals surface area contributed by atoms with E-state index in [-0.39, 0.29) is 6.61 Å². The summed E-state index contributed by atoms with van der Waals surface area (Å²) >= 11 is 0. The Morgan fingerprint density at radius 3 is 3.05 bits per heavy atom. The molecule has 1 aliphatic heterocycles. The summed E-state index contributed by atoms with van der Waals surface area (Å²) in [6.45, 7) is 4.04. The quantitative estimate of drug-likeness (QED) is 0.830. The molecule has 0 radical (unpaired) electrons. The fourth-order valence-electron chi connectivity index (χ4n) is 2.96. The topological polar surface area (TPSA) is 61.3 Å². The second-order valence-electron chi connectivity index (χ2n) is 5.56. The van der Waals surface area contributed by atoms with Crippen LogP contribution in [0.3, 0.4) is 0 Å². The molecule has 3 rings (SSSR count). The molecule has 2 heterocycles. The van der Waals surface area contributed by atoms with E-state index in [1.807, 2.05) is 6.07 Å². The van der Waals surface area contributed by atoms with Gasteiger partial charge in [0.15, 0.2) is 0 Å². The van der Waals surface area contributed by atoms with Gasteiger partial charge in [-0.1, -0.05) is 24.3 Å². The molecule has 2 N–H and O–H groups in total. The summed E-state index contributed by atoms with van der Waals surface area (Å²) in [4.78, 5) is 11.2. The average Bonchev–Trinajstić information content (AvgIpc) is 2.56. The van der Waals surface area contributed by atoms with Crippen LogP contribution in [-0.2, 0) is 6.42 Å². The van der Waals surface area contributed by atoms with E-state index in [0.717, 1.165) is 18.8 Å². The van der Waals surface area contributed by atoms with Gasteiger partial charge in [-0.3, -0.25) is 0 Å². The predicted octanol–water partition coefficient (Wildman–Crippen LogP) is 2.39. The van der Waals surface area contributed by atoms with Crippen LogP contribution in [0.2, 0.25) is 0 Å². The van der Waals surface area contributed by atoms with Gasteiger partial charge in [-0.15, -0.1) is 0 Å². The van der Waals surface area contributed by atoms with Gasteiger partial charge in [-0.25, -0.2) is 4.98 Å². The molecule has 22 heavy (non-hydrogen) atoms. The summed E-state index contributed by atoms with van der Waals surface area (Å²) < 4.78 is 0. The molecule has 5 heteroatoms. The SMILES string of the molecule is C[C@H]1c2ccccc2CCN1c1ccnc(NCCCO)n1. The zero-order chi connectivity index (χ0) is 15.4. The molecular weight excluding hydrogens is 276 g/mol. The van der Waals surface area contributed by atoms with Gasteiger partial charge >= 0.3 is 0 Å². The van der Waals surface area contributed by atoms with Crippen molar-refractivity contribution in [3.63, 3.8) is 0 Å². The Hall–Kier alpha value is -2.14. The van der Waals surface area contributed by atoms with E-state index in [1.54, 1.807) is 6.20 Å². The number of benzene rings is 1. The lowest BCUT2D eigenvalue weighted by atomic mass is 9.94. The van der Waals surface area contributed by atoms with Gasteiger partial charge < -0.3 is 15.3 Å². The summed E-state index contributed by atoms with van der Waals surface area (Å²) in [6.07, 6.45) is 3.52. The number of nitrogens with one attached hydrogen (secondary N) is 1. The minimum atomic E-state index is 0.173. The fourth-order valence-corrected chi connectivity index (χ4v) is 2.96. The maximum atomic E-state index is 8.84. The van der Waals surface area contributed by atoms with Crippen LogP contribution in [0.4, 0.5) is 11.8 Å². The van der Waals surface area contributed by atoms with Gasteiger partial charge in [0, 0.05) is 25.9 Å². The smallest absolute Gasteiger partial charge is 0.224 e. The van der Waals surface area contributed by atoms with Crippen LogP contribution in [0.25, 0.3) is 0 Å². The van der Waals surface area contributed by atoms with Gasteiger partial charge in [-0.05, 0) is 37.0 Å². The van der Waals surface area contributed by atoms with Gasteiger partial charge in [0.2, 0.25) is 5.95 Å². The van der Waals surface area contributed by atoms with Crippen LogP contribution < -0.4 is 10.2 Å². The molecule has 5 nitrogen and oxygen atoms in total. The van der Waals surface area contributed by atoms with E-state index in [1.165, 1.54) is 11.1 Å². The summed E-state index contributed by atoms with van der Waals surface area (Å²) in [5.41, 5.74) is 2.81. The summed E-state index contributed by atoms with van der Waals surface area (Å²) in [6, 6.07) is 10.9. The molecule has 1 aromatic carbocycles. The number of aliphatic hydroxyl groups is 1. The molecule has 0 bridgehead atoms. The van der Waals surface area contributed by atoms with Crippen molar-refractivity contribution in [2.24, 2.45) is 0 Å². The Labute approximate surface area is 131 Å². The standard InChI is InChI=1S/C17H22N4O/c1-13-15-6-3-2-5-14(15)8-11-21(13)16-7-10-19-17(20-16)18-9-4-12-22/h2-3,5-7,10,13,22H,4,8-9,11-12H2,1H3,(H,18,19,20)/t13-/m0/s1. The Balaban J connectivity index is 1.78. The summed E-state index contributed by atoms with van der Waals surface area (Å²) in [5.74, 6) is 1.57. The second kappa shape index (κ2) is 6.75. The van der Waals surface area contributed by atoms with Crippen molar-refractivity contribution in [1.82, 2.24) is 9.97 Å². The molecule has 1 atom stereocenters. The van der Waals surface area contributed by atoms with Crippen LogP contribution in [0.5, 0.6) is 0 Å². The second-order valence-corrected chi connectivity index (χ2v) is 5.56. The average molecular weight is 298 g/mol. The van der Waals surface area contributed by atoms with Gasteiger partial charge in [0.1, 0.15) is 5.82 Å². The van der Waals surface area contributed by atoms with Gasteiger partial charge in [0.05, 0.1) is 6.04 Å². The number of rotatable bonds is 5. The Kier molecular flexibility index (Phi) is 4.53. The number of fused-ring (bicyclic) bond motifs is 1. The largest absolute Gasteiger partial charge is 0.396 e. The van der Waals surface area contributed by atoms with E-state index in [0.29, 0.717) is 25.0 Å². The van der Waals surface area contributed by atoms with E-state index >= 15 is 0 Å². The highest BCUT2D eigenvalue weighted by atomic mass is 16.3. The molecule has 1 aliphatic rings. The van der Waals surface area contributed by atoms with Crippen molar-refractivity contribution in [3.05, 3.63) is 47.7 Å². The van der Waals surface area contributed by atoms with Crippen molar-refractivity contribution in [3.8, 4) is 0 Å². The Morgan fingerprint density at radius 1 is 1.32 bits per heavy atom. The number of hydrogen-bond acceptors (Lipinski definition) is 5. The van der Waals surface area contributed by atoms with Gasteiger partial charge in [-0.2, -0.15) is 4.98 Å². The monoisotopic (exact) mass is 298 g/mol. The van der Waals surface area contributed by atoms with Gasteiger partial charge in [0.25, 0.3) is 0 Å². The zero-order valence-corrected chi connectivity index (χ0v) is 12.9. The van der Waals surface area contributed by atoms with Crippen molar-refractivity contribution in [1.29, 1.82) is 0 Å². The minimum Gasteiger partial charge on any atom is -0.396 e. The lowest BCUT2D eigenvalue weighted by molar-refractivity contribution is 0.292. The zero-order valence-electron chi connectivity index (χ0n) is 12.9. The maximum Gasteiger partial charge on any atom is 0.224 e. The highest BCUT2D eigenvalue weighted by Gasteiger charge is 2.24. The molecule has 0 aliphatic carbocycles. The van der Waals surface area contributed by atoms with Crippen molar-refractivity contribution in [2.75, 3.05) is 29.9 Å². The Bertz CT molecular complexity index is 632. The molecule has 0 saturated heterocycles. The third-order valence-electron chi connectivity index (χ3n) is 4.15. The molecular formula is C17H22N4O. The molecule has 0 saturated carbocycles. The van der Waals surface area contributed by atoms with E-state index in [9.17, 15) is 0 Å². The fraction of sp³-hybridized carbons (Fsp3) is 0.412. The molecule has 0 fully saturated rings. The number of aromatic nitrogens is 2. The molecule has 0 unspecified atom stereocenters. The highest BCUT2D eigenvalue weighted by molar-refractivity contribution is 5.48. The normalized spacial score (nSPS) is 17.2. The molecule has 1 aromatic heterocycles. The number of nitrogens with zero attached hydrogens (tertiary/aromatic N) is 3. The van der Waals surface area contributed by atoms with E-state index in [2.05, 4.69) is 51.4 Å².